The van der Waals surface area contributed by atoms with Gasteiger partial charge in [0.25, 0.3) is 0 Å². The van der Waals surface area contributed by atoms with Crippen LogP contribution >= 0.6 is 17.0 Å². The van der Waals surface area contributed by atoms with E-state index >= 15 is 0 Å². The quantitative estimate of drug-likeness (QED) is 0.344. The summed E-state index contributed by atoms with van der Waals surface area (Å²) in [6, 6.07) is 15.6. The van der Waals surface area contributed by atoms with Crippen molar-refractivity contribution in [1.82, 2.24) is 0 Å². The molecule has 2 aromatic carbocycles. The average Bonchev–Trinajstić information content (AvgIpc) is 3.04. The Kier molecular flexibility index (Phi) is 7.62. The first-order valence-corrected chi connectivity index (χ1v) is 17.5. The van der Waals surface area contributed by atoms with Gasteiger partial charge in [0.05, 0.1) is 0 Å². The second-order valence-electron chi connectivity index (χ2n) is 7.11. The van der Waals surface area contributed by atoms with Crippen LogP contribution in [0.5, 0.6) is 0 Å². The molecule has 0 saturated heterocycles. The van der Waals surface area contributed by atoms with Crippen molar-refractivity contribution in [3.05, 3.63) is 64.7 Å². The third kappa shape index (κ3) is 4.55. The SMILES string of the molecule is CCCCCCC1=Cc2c(-c3ccc(CC)cc3)cccc2[CH]1[Zr]([Cl])[Cl]. The standard InChI is InChI=1S/C23H27.2ClH.Zr/c1-3-5-6-7-9-19-16-21-10-8-11-22(23(21)17-19)20-14-12-18(4-2)13-15-20;;;/h8,10-17H,3-7,9H2,1-2H3;2*1H;/q;;;+2/p-2. The van der Waals surface area contributed by atoms with E-state index in [-0.39, 0.29) is 0 Å². The van der Waals surface area contributed by atoms with Crippen molar-refractivity contribution in [1.29, 1.82) is 0 Å². The number of hydrogen-bond donors (Lipinski definition) is 0. The minimum atomic E-state index is -2.42. The molecule has 0 N–H and O–H groups in total. The van der Waals surface area contributed by atoms with Crippen molar-refractivity contribution in [2.75, 3.05) is 0 Å². The summed E-state index contributed by atoms with van der Waals surface area (Å²) < 4.78 is 0.326. The van der Waals surface area contributed by atoms with Crippen molar-refractivity contribution in [3.8, 4) is 11.1 Å². The molecule has 0 radical (unpaired) electrons. The van der Waals surface area contributed by atoms with Crippen LogP contribution in [-0.4, -0.2) is 0 Å². The molecule has 0 aromatic heterocycles. The predicted octanol–water partition coefficient (Wildman–Crippen LogP) is 8.25. The van der Waals surface area contributed by atoms with Gasteiger partial charge in [-0.05, 0) is 0 Å². The van der Waals surface area contributed by atoms with Crippen LogP contribution in [-0.2, 0) is 25.8 Å². The molecule has 0 amide bonds. The van der Waals surface area contributed by atoms with E-state index in [4.69, 9.17) is 17.0 Å². The number of unbranched alkanes of at least 4 members (excludes halogenated alkanes) is 3. The van der Waals surface area contributed by atoms with Gasteiger partial charge in [0.2, 0.25) is 0 Å². The molecule has 0 aliphatic heterocycles. The molecule has 26 heavy (non-hydrogen) atoms. The normalized spacial score (nSPS) is 15.7. The molecule has 1 aliphatic rings. The Morgan fingerprint density at radius 1 is 0.923 bits per heavy atom. The Balaban J connectivity index is 1.93. The monoisotopic (exact) mass is 463 g/mol. The molecule has 0 saturated carbocycles. The molecule has 0 heterocycles. The van der Waals surface area contributed by atoms with E-state index < -0.39 is 19.4 Å². The van der Waals surface area contributed by atoms with Gasteiger partial charge in [0, 0.05) is 0 Å². The summed E-state index contributed by atoms with van der Waals surface area (Å²) in [5.41, 5.74) is 8.18. The van der Waals surface area contributed by atoms with Gasteiger partial charge in [-0.15, -0.1) is 0 Å². The van der Waals surface area contributed by atoms with Gasteiger partial charge in [-0.25, -0.2) is 0 Å². The van der Waals surface area contributed by atoms with Gasteiger partial charge in [0.1, 0.15) is 0 Å². The average molecular weight is 466 g/mol. The fourth-order valence-electron chi connectivity index (χ4n) is 3.87. The molecule has 0 fully saturated rings. The van der Waals surface area contributed by atoms with Crippen molar-refractivity contribution in [2.45, 2.75) is 56.0 Å². The van der Waals surface area contributed by atoms with Crippen LogP contribution in [0, 0.1) is 0 Å². The Morgan fingerprint density at radius 3 is 2.35 bits per heavy atom. The van der Waals surface area contributed by atoms with E-state index in [1.807, 2.05) is 0 Å². The van der Waals surface area contributed by atoms with E-state index in [9.17, 15) is 0 Å². The molecule has 3 heteroatoms. The number of fused-ring (bicyclic) bond motifs is 1. The van der Waals surface area contributed by atoms with E-state index in [0.29, 0.717) is 3.63 Å². The first kappa shape index (κ1) is 20.4. The van der Waals surface area contributed by atoms with Crippen molar-refractivity contribution in [2.24, 2.45) is 0 Å². The van der Waals surface area contributed by atoms with Gasteiger partial charge in [-0.1, -0.05) is 0 Å². The van der Waals surface area contributed by atoms with Gasteiger partial charge in [-0.3, -0.25) is 0 Å². The topological polar surface area (TPSA) is 0 Å². The zero-order valence-electron chi connectivity index (χ0n) is 15.7. The van der Waals surface area contributed by atoms with Crippen LogP contribution in [0.15, 0.2) is 48.0 Å². The Morgan fingerprint density at radius 2 is 1.69 bits per heavy atom. The Hall–Kier alpha value is -0.357. The van der Waals surface area contributed by atoms with Crippen LogP contribution < -0.4 is 0 Å². The maximum atomic E-state index is 6.61. The summed E-state index contributed by atoms with van der Waals surface area (Å²) >= 11 is -2.42. The summed E-state index contributed by atoms with van der Waals surface area (Å²) in [6.45, 7) is 4.45. The molecule has 3 rings (SSSR count). The van der Waals surface area contributed by atoms with E-state index in [1.54, 1.807) is 0 Å². The van der Waals surface area contributed by atoms with Gasteiger partial charge >= 0.3 is 174 Å². The third-order valence-electron chi connectivity index (χ3n) is 5.36. The number of allylic oxidation sites excluding steroid dienone is 1. The van der Waals surface area contributed by atoms with Crippen LogP contribution in [0.2, 0.25) is 0 Å². The summed E-state index contributed by atoms with van der Waals surface area (Å²) in [5.74, 6) is 0. The van der Waals surface area contributed by atoms with E-state index in [2.05, 4.69) is 62.4 Å². The first-order valence-electron chi connectivity index (χ1n) is 9.76. The van der Waals surface area contributed by atoms with Crippen LogP contribution in [0.4, 0.5) is 0 Å². The van der Waals surface area contributed by atoms with Gasteiger partial charge < -0.3 is 0 Å². The third-order valence-corrected chi connectivity index (χ3v) is 10.7. The molecule has 0 nitrogen and oxygen atoms in total. The van der Waals surface area contributed by atoms with Crippen molar-refractivity contribution in [3.63, 3.8) is 0 Å². The Labute approximate surface area is 173 Å². The number of benzene rings is 2. The van der Waals surface area contributed by atoms with Gasteiger partial charge in [-0.2, -0.15) is 0 Å². The van der Waals surface area contributed by atoms with Crippen molar-refractivity contribution >= 4 is 23.1 Å². The molecule has 1 aliphatic carbocycles. The Bertz CT molecular complexity index is 762. The first-order chi connectivity index (χ1) is 12.7. The number of hydrogen-bond acceptors (Lipinski definition) is 0. The molecule has 2 aromatic rings. The number of halogens is 2. The molecule has 1 atom stereocenters. The summed E-state index contributed by atoms with van der Waals surface area (Å²) in [4.78, 5) is 0. The van der Waals surface area contributed by atoms with Crippen LogP contribution in [0.1, 0.15) is 66.3 Å². The fraction of sp³-hybridized carbons (Fsp3) is 0.391. The summed E-state index contributed by atoms with van der Waals surface area (Å²) in [7, 11) is 13.2. The second-order valence-corrected chi connectivity index (χ2v) is 15.9. The van der Waals surface area contributed by atoms with Crippen LogP contribution in [0.3, 0.4) is 0 Å². The minimum absolute atomic E-state index is 0.326. The predicted molar refractivity (Wildman–Crippen MR) is 112 cm³/mol. The van der Waals surface area contributed by atoms with E-state index in [0.717, 1.165) is 12.8 Å². The fourth-order valence-corrected chi connectivity index (χ4v) is 9.36. The second kappa shape index (κ2) is 9.72. The van der Waals surface area contributed by atoms with Gasteiger partial charge in [0.15, 0.2) is 0 Å². The zero-order chi connectivity index (χ0) is 18.5. The zero-order valence-corrected chi connectivity index (χ0v) is 19.7. The number of aryl methyl sites for hydroxylation is 1. The molecule has 137 valence electrons. The maximum absolute atomic E-state index is 6.61. The summed E-state index contributed by atoms with van der Waals surface area (Å²) in [6.07, 6.45) is 9.74. The molecule has 1 unspecified atom stereocenters. The molecule has 0 spiro atoms. The van der Waals surface area contributed by atoms with E-state index in [1.165, 1.54) is 59.1 Å². The summed E-state index contributed by atoms with van der Waals surface area (Å²) in [5, 5.41) is 0. The number of rotatable bonds is 8. The molecule has 0 bridgehead atoms. The van der Waals surface area contributed by atoms with Crippen molar-refractivity contribution < 1.29 is 19.4 Å². The molecular weight excluding hydrogens is 438 g/mol. The molecular formula is C23H27Cl2Zr. The van der Waals surface area contributed by atoms with Crippen LogP contribution in [0.25, 0.3) is 17.2 Å².